The zero-order chi connectivity index (χ0) is 20.2. The zero-order valence-electron chi connectivity index (χ0n) is 15.3. The maximum absolute atomic E-state index is 12.3. The molecule has 2 aromatic carbocycles. The summed E-state index contributed by atoms with van der Waals surface area (Å²) >= 11 is 6.19. The highest BCUT2D eigenvalue weighted by molar-refractivity contribution is 7.88. The summed E-state index contributed by atoms with van der Waals surface area (Å²) in [5, 5.41) is 0.255. The Balaban J connectivity index is 1.83. The Labute approximate surface area is 172 Å². The molecule has 0 radical (unpaired) electrons. The number of fused-ring (bicyclic) bond motifs is 4. The van der Waals surface area contributed by atoms with Gasteiger partial charge >= 0.3 is 0 Å². The van der Waals surface area contributed by atoms with E-state index < -0.39 is 22.1 Å². The van der Waals surface area contributed by atoms with Gasteiger partial charge in [-0.05, 0) is 22.3 Å². The van der Waals surface area contributed by atoms with Crippen molar-refractivity contribution >= 4 is 32.8 Å². The molecule has 1 N–H and O–H groups in total. The van der Waals surface area contributed by atoms with Crippen molar-refractivity contribution in [2.45, 2.75) is 12.1 Å². The SMILES string of the molecule is CS(=O)(=O)N[C@@H]1c2ccccc2-c2ccccc2[C@H]1n1cnc2c(Cl)ncnc21. The summed E-state index contributed by atoms with van der Waals surface area (Å²) < 4.78 is 29.2. The first kappa shape index (κ1) is 18.2. The molecule has 0 unspecified atom stereocenters. The molecule has 0 aliphatic heterocycles. The summed E-state index contributed by atoms with van der Waals surface area (Å²) in [6, 6.07) is 14.8. The van der Waals surface area contributed by atoms with Crippen LogP contribution in [0.3, 0.4) is 0 Å². The number of hydrogen-bond donors (Lipinski definition) is 1. The quantitative estimate of drug-likeness (QED) is 0.508. The van der Waals surface area contributed by atoms with Crippen molar-refractivity contribution in [3.63, 3.8) is 0 Å². The Morgan fingerprint density at radius 2 is 1.62 bits per heavy atom. The predicted octanol–water partition coefficient (Wildman–Crippen LogP) is 3.34. The third-order valence-corrected chi connectivity index (χ3v) is 6.09. The van der Waals surface area contributed by atoms with Gasteiger partial charge in [0, 0.05) is 0 Å². The molecule has 0 amide bonds. The number of sulfonamides is 1. The van der Waals surface area contributed by atoms with Crippen LogP contribution in [0.4, 0.5) is 0 Å². The highest BCUT2D eigenvalue weighted by Gasteiger charge is 2.37. The second-order valence-corrected chi connectivity index (χ2v) is 9.11. The van der Waals surface area contributed by atoms with Crippen molar-refractivity contribution in [2.24, 2.45) is 0 Å². The minimum absolute atomic E-state index is 0.255. The summed E-state index contributed by atoms with van der Waals surface area (Å²) in [5.74, 6) is 0. The van der Waals surface area contributed by atoms with Crippen molar-refractivity contribution in [1.29, 1.82) is 0 Å². The van der Waals surface area contributed by atoms with Crippen molar-refractivity contribution in [1.82, 2.24) is 24.2 Å². The molecule has 0 saturated carbocycles. The summed E-state index contributed by atoms with van der Waals surface area (Å²) in [4.78, 5) is 12.7. The molecule has 4 aromatic rings. The summed E-state index contributed by atoms with van der Waals surface area (Å²) in [6.45, 7) is 0. The van der Waals surface area contributed by atoms with Crippen LogP contribution in [0, 0.1) is 0 Å². The Hall–Kier alpha value is -2.81. The van der Waals surface area contributed by atoms with Gasteiger partial charge < -0.3 is 4.57 Å². The van der Waals surface area contributed by atoms with E-state index in [1.807, 2.05) is 53.1 Å². The fourth-order valence-corrected chi connectivity index (χ4v) is 4.95. The molecular formula is C20H16ClN5O2S. The van der Waals surface area contributed by atoms with Gasteiger partial charge in [0.1, 0.15) is 11.8 Å². The van der Waals surface area contributed by atoms with Crippen molar-refractivity contribution < 1.29 is 8.42 Å². The topological polar surface area (TPSA) is 89.8 Å². The number of hydrogen-bond acceptors (Lipinski definition) is 5. The van der Waals surface area contributed by atoms with E-state index in [4.69, 9.17) is 11.6 Å². The first-order valence-corrected chi connectivity index (χ1v) is 11.2. The molecule has 7 nitrogen and oxygen atoms in total. The molecule has 1 aliphatic carbocycles. The Morgan fingerprint density at radius 1 is 0.966 bits per heavy atom. The fourth-order valence-electron chi connectivity index (χ4n) is 4.06. The lowest BCUT2D eigenvalue weighted by atomic mass is 9.79. The molecule has 5 rings (SSSR count). The lowest BCUT2D eigenvalue weighted by molar-refractivity contribution is 0.449. The molecule has 1 aliphatic rings. The first-order valence-electron chi connectivity index (χ1n) is 8.92. The van der Waals surface area contributed by atoms with Gasteiger partial charge in [-0.25, -0.2) is 28.1 Å². The van der Waals surface area contributed by atoms with E-state index in [9.17, 15) is 8.42 Å². The summed E-state index contributed by atoms with van der Waals surface area (Å²) in [7, 11) is -3.50. The van der Waals surface area contributed by atoms with Gasteiger partial charge in [-0.15, -0.1) is 0 Å². The molecule has 0 fully saturated rings. The predicted molar refractivity (Wildman–Crippen MR) is 111 cm³/mol. The molecule has 29 heavy (non-hydrogen) atoms. The van der Waals surface area contributed by atoms with Crippen LogP contribution >= 0.6 is 11.6 Å². The van der Waals surface area contributed by atoms with Crippen molar-refractivity contribution in [2.75, 3.05) is 6.26 Å². The lowest BCUT2D eigenvalue weighted by Crippen LogP contribution is -2.36. The van der Waals surface area contributed by atoms with Crippen LogP contribution in [0.15, 0.2) is 61.2 Å². The van der Waals surface area contributed by atoms with Crippen LogP contribution < -0.4 is 4.72 Å². The normalized spacial score (nSPS) is 18.4. The molecule has 2 aromatic heterocycles. The minimum atomic E-state index is -3.50. The largest absolute Gasteiger partial charge is 0.306 e. The van der Waals surface area contributed by atoms with Gasteiger partial charge in [-0.3, -0.25) is 0 Å². The van der Waals surface area contributed by atoms with Crippen LogP contribution in [-0.4, -0.2) is 34.2 Å². The molecule has 9 heteroatoms. The average Bonchev–Trinajstić information content (AvgIpc) is 3.12. The molecule has 0 bridgehead atoms. The molecule has 0 spiro atoms. The highest BCUT2D eigenvalue weighted by Crippen LogP contribution is 2.47. The van der Waals surface area contributed by atoms with E-state index in [1.165, 1.54) is 6.33 Å². The van der Waals surface area contributed by atoms with E-state index in [0.29, 0.717) is 11.2 Å². The maximum atomic E-state index is 12.3. The Morgan fingerprint density at radius 3 is 2.34 bits per heavy atom. The second-order valence-electron chi connectivity index (χ2n) is 6.98. The number of nitrogens with zero attached hydrogens (tertiary/aromatic N) is 4. The number of benzene rings is 2. The molecular weight excluding hydrogens is 410 g/mol. The summed E-state index contributed by atoms with van der Waals surface area (Å²) in [6.07, 6.45) is 4.18. The van der Waals surface area contributed by atoms with Gasteiger partial charge in [-0.2, -0.15) is 0 Å². The standard InChI is InChI=1S/C20H16ClN5O2S/c1-29(27,28)25-16-14-8-4-2-6-12(14)13-7-3-5-9-15(13)18(16)26-11-24-17-19(21)22-10-23-20(17)26/h2-11,16,18,25H,1H3/t16-,18-/m1/s1. The van der Waals surface area contributed by atoms with Gasteiger partial charge in [0.2, 0.25) is 10.0 Å². The second kappa shape index (κ2) is 6.62. The highest BCUT2D eigenvalue weighted by atomic mass is 35.5. The van der Waals surface area contributed by atoms with Crippen LogP contribution in [0.2, 0.25) is 5.15 Å². The smallest absolute Gasteiger partial charge is 0.209 e. The molecule has 2 heterocycles. The van der Waals surface area contributed by atoms with E-state index in [2.05, 4.69) is 19.7 Å². The first-order chi connectivity index (χ1) is 13.9. The number of imidazole rings is 1. The maximum Gasteiger partial charge on any atom is 0.209 e. The van der Waals surface area contributed by atoms with E-state index in [1.54, 1.807) is 6.33 Å². The summed E-state index contributed by atoms with van der Waals surface area (Å²) in [5.41, 5.74) is 4.93. The van der Waals surface area contributed by atoms with Crippen molar-refractivity contribution in [3.8, 4) is 11.1 Å². The fraction of sp³-hybridized carbons (Fsp3) is 0.150. The number of nitrogens with one attached hydrogen (secondary N) is 1. The van der Waals surface area contributed by atoms with Gasteiger partial charge in [0.15, 0.2) is 10.8 Å². The molecule has 0 saturated heterocycles. The number of aromatic nitrogens is 4. The van der Waals surface area contributed by atoms with E-state index in [-0.39, 0.29) is 5.15 Å². The minimum Gasteiger partial charge on any atom is -0.306 e. The van der Waals surface area contributed by atoms with Gasteiger partial charge in [0.25, 0.3) is 0 Å². The third-order valence-electron chi connectivity index (χ3n) is 5.14. The van der Waals surface area contributed by atoms with E-state index in [0.717, 1.165) is 28.5 Å². The van der Waals surface area contributed by atoms with Crippen LogP contribution in [-0.2, 0) is 10.0 Å². The van der Waals surface area contributed by atoms with Crippen molar-refractivity contribution in [3.05, 3.63) is 77.5 Å². The average molecular weight is 426 g/mol. The van der Waals surface area contributed by atoms with Crippen LogP contribution in [0.5, 0.6) is 0 Å². The zero-order valence-corrected chi connectivity index (χ0v) is 16.9. The van der Waals surface area contributed by atoms with E-state index >= 15 is 0 Å². The van der Waals surface area contributed by atoms with Crippen LogP contribution in [0.25, 0.3) is 22.3 Å². The lowest BCUT2D eigenvalue weighted by Gasteiger charge is -2.36. The monoisotopic (exact) mass is 425 g/mol. The Bertz CT molecular complexity index is 1350. The number of halogens is 1. The van der Waals surface area contributed by atoms with Crippen LogP contribution in [0.1, 0.15) is 23.2 Å². The molecule has 146 valence electrons. The van der Waals surface area contributed by atoms with Gasteiger partial charge in [-0.1, -0.05) is 60.1 Å². The third kappa shape index (κ3) is 3.00. The van der Waals surface area contributed by atoms with Gasteiger partial charge in [0.05, 0.1) is 24.7 Å². The molecule has 2 atom stereocenters. The Kier molecular flexibility index (Phi) is 4.16. The number of rotatable bonds is 3.